The van der Waals surface area contributed by atoms with Gasteiger partial charge in [0.25, 0.3) is 0 Å². The minimum atomic E-state index is -0.904. The second-order valence-corrected chi connectivity index (χ2v) is 9.16. The van der Waals surface area contributed by atoms with Crippen molar-refractivity contribution in [1.82, 2.24) is 0 Å². The zero-order valence-electron chi connectivity index (χ0n) is 16.0. The van der Waals surface area contributed by atoms with Gasteiger partial charge in [-0.15, -0.1) is 11.3 Å². The van der Waals surface area contributed by atoms with Gasteiger partial charge in [-0.2, -0.15) is 5.26 Å². The molecule has 0 aromatic carbocycles. The topological polar surface area (TPSA) is 90.2 Å². The fourth-order valence-electron chi connectivity index (χ4n) is 3.61. The van der Waals surface area contributed by atoms with Crippen molar-refractivity contribution in [3.05, 3.63) is 16.0 Å². The molecule has 0 fully saturated rings. The molecule has 26 heavy (non-hydrogen) atoms. The number of carbonyl (C=O) groups is 2. The summed E-state index contributed by atoms with van der Waals surface area (Å²) in [6.45, 7) is 8.56. The summed E-state index contributed by atoms with van der Waals surface area (Å²) in [5.41, 5.74) is 1.95. The highest BCUT2D eigenvalue weighted by atomic mass is 32.1. The van der Waals surface area contributed by atoms with E-state index in [0.717, 1.165) is 31.2 Å². The molecule has 0 radical (unpaired) electrons. The lowest BCUT2D eigenvalue weighted by Gasteiger charge is -2.36. The number of carbonyl (C=O) groups excluding carboxylic acids is 1. The number of anilines is 1. The first-order chi connectivity index (χ1) is 12.2. The number of amides is 1. The summed E-state index contributed by atoms with van der Waals surface area (Å²) >= 11 is 1.52. The Morgan fingerprint density at radius 3 is 2.69 bits per heavy atom. The van der Waals surface area contributed by atoms with Gasteiger partial charge in [0.15, 0.2) is 0 Å². The lowest BCUT2D eigenvalue weighted by molar-refractivity contribution is -0.138. The average molecular weight is 377 g/mol. The standard InChI is InChI=1S/C20H28N2O3S/c1-5-20(3,4)13-6-7-14-15(11-21)19(26-16(14)10-13)22-17(23)8-12(2)9-18(24)25/h12-13H,5-10H2,1-4H3,(H,22,23)(H,24,25). The van der Waals surface area contributed by atoms with Crippen LogP contribution in [-0.2, 0) is 22.4 Å². The van der Waals surface area contributed by atoms with E-state index >= 15 is 0 Å². The molecule has 1 aliphatic carbocycles. The first-order valence-corrected chi connectivity index (χ1v) is 10.1. The second-order valence-electron chi connectivity index (χ2n) is 8.06. The van der Waals surface area contributed by atoms with Gasteiger partial charge in [0.2, 0.25) is 5.91 Å². The van der Waals surface area contributed by atoms with Gasteiger partial charge >= 0.3 is 5.97 Å². The summed E-state index contributed by atoms with van der Waals surface area (Å²) in [6, 6.07) is 2.26. The van der Waals surface area contributed by atoms with E-state index in [1.807, 2.05) is 0 Å². The number of nitrogens with one attached hydrogen (secondary N) is 1. The van der Waals surface area contributed by atoms with Crippen molar-refractivity contribution < 1.29 is 14.7 Å². The number of aliphatic carboxylic acids is 1. The van der Waals surface area contributed by atoms with Crippen LogP contribution >= 0.6 is 11.3 Å². The molecule has 0 saturated heterocycles. The molecule has 1 aromatic heterocycles. The van der Waals surface area contributed by atoms with Crippen LogP contribution in [0.15, 0.2) is 0 Å². The summed E-state index contributed by atoms with van der Waals surface area (Å²) in [7, 11) is 0. The summed E-state index contributed by atoms with van der Waals surface area (Å²) in [6.07, 6.45) is 4.14. The largest absolute Gasteiger partial charge is 0.481 e. The van der Waals surface area contributed by atoms with Gasteiger partial charge in [0.05, 0.1) is 5.56 Å². The zero-order valence-corrected chi connectivity index (χ0v) is 16.8. The fourth-order valence-corrected chi connectivity index (χ4v) is 4.91. The molecule has 6 heteroatoms. The molecule has 0 aliphatic heterocycles. The molecule has 1 heterocycles. The van der Waals surface area contributed by atoms with Gasteiger partial charge in [0, 0.05) is 17.7 Å². The third kappa shape index (κ3) is 4.64. The predicted molar refractivity (Wildman–Crippen MR) is 103 cm³/mol. The van der Waals surface area contributed by atoms with Crippen LogP contribution in [0.4, 0.5) is 5.00 Å². The van der Waals surface area contributed by atoms with Crippen LogP contribution in [0.1, 0.15) is 69.4 Å². The number of fused-ring (bicyclic) bond motifs is 1. The number of nitrogens with zero attached hydrogens (tertiary/aromatic N) is 1. The molecule has 2 rings (SSSR count). The first-order valence-electron chi connectivity index (χ1n) is 9.24. The highest BCUT2D eigenvalue weighted by Crippen LogP contribution is 2.45. The summed E-state index contributed by atoms with van der Waals surface area (Å²) in [4.78, 5) is 24.2. The van der Waals surface area contributed by atoms with Gasteiger partial charge in [0.1, 0.15) is 11.1 Å². The van der Waals surface area contributed by atoms with Gasteiger partial charge in [-0.25, -0.2) is 0 Å². The van der Waals surface area contributed by atoms with Crippen LogP contribution < -0.4 is 5.32 Å². The van der Waals surface area contributed by atoms with E-state index in [4.69, 9.17) is 5.11 Å². The Bertz CT molecular complexity index is 730. The second kappa shape index (κ2) is 8.22. The number of hydrogen-bond donors (Lipinski definition) is 2. The van der Waals surface area contributed by atoms with Crippen molar-refractivity contribution in [2.24, 2.45) is 17.3 Å². The fraction of sp³-hybridized carbons (Fsp3) is 0.650. The average Bonchev–Trinajstić information content (AvgIpc) is 2.89. The lowest BCUT2D eigenvalue weighted by atomic mass is 9.69. The molecular weight excluding hydrogens is 348 g/mol. The van der Waals surface area contributed by atoms with E-state index in [9.17, 15) is 14.9 Å². The Labute approximate surface area is 159 Å². The SMILES string of the molecule is CCC(C)(C)C1CCc2c(sc(NC(=O)CC(C)CC(=O)O)c2C#N)C1. The van der Waals surface area contributed by atoms with Crippen LogP contribution in [0.5, 0.6) is 0 Å². The van der Waals surface area contributed by atoms with E-state index in [0.29, 0.717) is 16.5 Å². The molecular formula is C20H28N2O3S. The van der Waals surface area contributed by atoms with E-state index in [1.165, 1.54) is 16.2 Å². The van der Waals surface area contributed by atoms with Crippen LogP contribution in [0.3, 0.4) is 0 Å². The molecule has 2 unspecified atom stereocenters. The normalized spacial score (nSPS) is 17.9. The van der Waals surface area contributed by atoms with Crippen molar-refractivity contribution in [3.8, 4) is 6.07 Å². The van der Waals surface area contributed by atoms with Crippen molar-refractivity contribution in [1.29, 1.82) is 5.26 Å². The van der Waals surface area contributed by atoms with Crippen LogP contribution in [0.25, 0.3) is 0 Å². The highest BCUT2D eigenvalue weighted by molar-refractivity contribution is 7.16. The minimum absolute atomic E-state index is 0.0345. The van der Waals surface area contributed by atoms with Crippen LogP contribution in [0.2, 0.25) is 0 Å². The van der Waals surface area contributed by atoms with Crippen molar-refractivity contribution in [2.45, 2.75) is 66.2 Å². The third-order valence-electron chi connectivity index (χ3n) is 5.70. The Hall–Kier alpha value is -1.87. The Balaban J connectivity index is 2.14. The van der Waals surface area contributed by atoms with E-state index < -0.39 is 5.97 Å². The zero-order chi connectivity index (χ0) is 19.5. The van der Waals surface area contributed by atoms with Crippen molar-refractivity contribution in [3.63, 3.8) is 0 Å². The van der Waals surface area contributed by atoms with Crippen LogP contribution in [-0.4, -0.2) is 17.0 Å². The predicted octanol–water partition coefficient (Wildman–Crippen LogP) is 4.60. The quantitative estimate of drug-likeness (QED) is 0.727. The molecule has 1 amide bonds. The Morgan fingerprint density at radius 2 is 2.12 bits per heavy atom. The van der Waals surface area contributed by atoms with Gasteiger partial charge in [-0.05, 0) is 42.1 Å². The van der Waals surface area contributed by atoms with E-state index in [2.05, 4.69) is 32.2 Å². The van der Waals surface area contributed by atoms with E-state index in [-0.39, 0.29) is 30.1 Å². The summed E-state index contributed by atoms with van der Waals surface area (Å²) in [5.74, 6) is -0.773. The first kappa shape index (κ1) is 20.4. The Morgan fingerprint density at radius 1 is 1.42 bits per heavy atom. The molecule has 2 atom stereocenters. The number of carboxylic acids is 1. The van der Waals surface area contributed by atoms with Crippen molar-refractivity contribution in [2.75, 3.05) is 5.32 Å². The monoisotopic (exact) mass is 376 g/mol. The maximum Gasteiger partial charge on any atom is 0.303 e. The molecule has 2 N–H and O–H groups in total. The Kier molecular flexibility index (Phi) is 6.46. The van der Waals surface area contributed by atoms with Gasteiger partial charge in [-0.3, -0.25) is 9.59 Å². The lowest BCUT2D eigenvalue weighted by Crippen LogP contribution is -2.28. The minimum Gasteiger partial charge on any atom is -0.481 e. The van der Waals surface area contributed by atoms with Crippen molar-refractivity contribution >= 4 is 28.2 Å². The smallest absolute Gasteiger partial charge is 0.303 e. The number of thiophene rings is 1. The maximum atomic E-state index is 12.2. The van der Waals surface area contributed by atoms with Crippen LogP contribution in [0, 0.1) is 28.6 Å². The number of hydrogen-bond acceptors (Lipinski definition) is 4. The molecule has 5 nitrogen and oxygen atoms in total. The number of rotatable bonds is 7. The van der Waals surface area contributed by atoms with Gasteiger partial charge in [-0.1, -0.05) is 34.1 Å². The molecule has 1 aromatic rings. The van der Waals surface area contributed by atoms with Gasteiger partial charge < -0.3 is 10.4 Å². The molecule has 0 saturated carbocycles. The highest BCUT2D eigenvalue weighted by Gasteiger charge is 2.34. The number of nitriles is 1. The molecule has 0 spiro atoms. The molecule has 1 aliphatic rings. The summed E-state index contributed by atoms with van der Waals surface area (Å²) < 4.78 is 0. The number of carboxylic acid groups (broad SMARTS) is 1. The summed E-state index contributed by atoms with van der Waals surface area (Å²) in [5, 5.41) is 21.9. The molecule has 0 bridgehead atoms. The van der Waals surface area contributed by atoms with E-state index in [1.54, 1.807) is 6.92 Å². The third-order valence-corrected chi connectivity index (χ3v) is 6.87. The molecule has 142 valence electrons. The maximum absolute atomic E-state index is 12.2.